The predicted octanol–water partition coefficient (Wildman–Crippen LogP) is 4.00. The first-order valence-electron chi connectivity index (χ1n) is 10.7. The van der Waals surface area contributed by atoms with Gasteiger partial charge in [0.05, 0.1) is 6.10 Å². The van der Waals surface area contributed by atoms with Crippen molar-refractivity contribution >= 4 is 17.8 Å². The van der Waals surface area contributed by atoms with Crippen molar-refractivity contribution in [2.45, 2.75) is 116 Å². The number of primary amides is 1. The first-order chi connectivity index (χ1) is 12.9. The van der Waals surface area contributed by atoms with Gasteiger partial charge in [0.25, 0.3) is 0 Å². The zero-order chi connectivity index (χ0) is 20.5. The molecule has 6 nitrogen and oxygen atoms in total. The van der Waals surface area contributed by atoms with Crippen LogP contribution in [0.1, 0.15) is 104 Å². The third-order valence-electron chi connectivity index (χ3n) is 4.70. The second-order valence-electron chi connectivity index (χ2n) is 7.36. The third kappa shape index (κ3) is 15.2. The molecule has 3 N–H and O–H groups in total. The summed E-state index contributed by atoms with van der Waals surface area (Å²) in [7, 11) is 0. The van der Waals surface area contributed by atoms with E-state index in [-0.39, 0.29) is 24.9 Å². The molecule has 0 aromatic carbocycles. The van der Waals surface area contributed by atoms with Gasteiger partial charge in [0, 0.05) is 12.8 Å². The number of carbonyl (C=O) groups excluding carboxylic acids is 3. The molecule has 0 aromatic rings. The van der Waals surface area contributed by atoms with Crippen molar-refractivity contribution in [1.29, 1.82) is 0 Å². The van der Waals surface area contributed by atoms with Gasteiger partial charge < -0.3 is 15.8 Å². The van der Waals surface area contributed by atoms with Crippen molar-refractivity contribution in [1.82, 2.24) is 5.32 Å². The van der Waals surface area contributed by atoms with E-state index in [0.717, 1.165) is 19.3 Å². The summed E-state index contributed by atoms with van der Waals surface area (Å²) >= 11 is 0. The van der Waals surface area contributed by atoms with E-state index in [0.29, 0.717) is 12.8 Å². The van der Waals surface area contributed by atoms with Crippen LogP contribution in [0.4, 0.5) is 0 Å². The Labute approximate surface area is 165 Å². The van der Waals surface area contributed by atoms with Gasteiger partial charge in [0.15, 0.2) is 0 Å². The van der Waals surface area contributed by atoms with Crippen LogP contribution >= 0.6 is 0 Å². The van der Waals surface area contributed by atoms with E-state index in [4.69, 9.17) is 10.5 Å². The molecule has 0 bridgehead atoms. The van der Waals surface area contributed by atoms with Gasteiger partial charge in [-0.1, -0.05) is 65.2 Å². The summed E-state index contributed by atoms with van der Waals surface area (Å²) in [6.45, 7) is 5.93. The van der Waals surface area contributed by atoms with Crippen molar-refractivity contribution in [2.75, 3.05) is 0 Å². The number of hydrogen-bond acceptors (Lipinski definition) is 4. The van der Waals surface area contributed by atoms with Crippen LogP contribution in [0.5, 0.6) is 0 Å². The number of esters is 1. The number of amides is 2. The molecule has 2 unspecified atom stereocenters. The minimum absolute atomic E-state index is 0.0403. The van der Waals surface area contributed by atoms with E-state index in [1.807, 2.05) is 6.92 Å². The molecule has 0 aromatic heterocycles. The Hall–Kier alpha value is -1.59. The Bertz CT molecular complexity index is 426. The van der Waals surface area contributed by atoms with Crippen LogP contribution in [0.25, 0.3) is 0 Å². The second-order valence-corrected chi connectivity index (χ2v) is 7.36. The quantitative estimate of drug-likeness (QED) is 0.292. The molecule has 0 rings (SSSR count). The van der Waals surface area contributed by atoms with E-state index in [9.17, 15) is 14.4 Å². The standard InChI is InChI=1S/C21H40N2O4/c1-4-6-7-8-9-10-11-12-13-14-20(25)23-18(15-16-19(22)24)21(26)27-17(3)5-2/h17-18H,4-16H2,1-3H3,(H2,22,24)(H,23,25). The van der Waals surface area contributed by atoms with Crippen molar-refractivity contribution in [3.8, 4) is 0 Å². The highest BCUT2D eigenvalue weighted by Crippen LogP contribution is 2.11. The van der Waals surface area contributed by atoms with Crippen LogP contribution in [0.2, 0.25) is 0 Å². The number of rotatable bonds is 17. The highest BCUT2D eigenvalue weighted by molar-refractivity contribution is 5.85. The largest absolute Gasteiger partial charge is 0.461 e. The summed E-state index contributed by atoms with van der Waals surface area (Å²) in [6.07, 6.45) is 11.7. The average molecular weight is 385 g/mol. The monoisotopic (exact) mass is 384 g/mol. The number of nitrogens with two attached hydrogens (primary N) is 1. The molecule has 2 amide bonds. The summed E-state index contributed by atoms with van der Waals surface area (Å²) in [5, 5.41) is 2.71. The lowest BCUT2D eigenvalue weighted by atomic mass is 10.1. The topological polar surface area (TPSA) is 98.5 Å². The van der Waals surface area contributed by atoms with Crippen LogP contribution in [-0.2, 0) is 19.1 Å². The zero-order valence-electron chi connectivity index (χ0n) is 17.6. The van der Waals surface area contributed by atoms with E-state index >= 15 is 0 Å². The Kier molecular flexibility index (Phi) is 15.6. The number of carbonyl (C=O) groups is 3. The first kappa shape index (κ1) is 25.4. The van der Waals surface area contributed by atoms with Crippen LogP contribution in [0.3, 0.4) is 0 Å². The van der Waals surface area contributed by atoms with Crippen LogP contribution < -0.4 is 11.1 Å². The molecule has 2 atom stereocenters. The molecule has 0 saturated heterocycles. The lowest BCUT2D eigenvalue weighted by Crippen LogP contribution is -2.43. The molecular formula is C21H40N2O4. The van der Waals surface area contributed by atoms with E-state index in [1.54, 1.807) is 6.92 Å². The van der Waals surface area contributed by atoms with Crippen molar-refractivity contribution in [2.24, 2.45) is 5.73 Å². The maximum Gasteiger partial charge on any atom is 0.328 e. The number of ether oxygens (including phenoxy) is 1. The Balaban J connectivity index is 4.09. The third-order valence-corrected chi connectivity index (χ3v) is 4.70. The van der Waals surface area contributed by atoms with Crippen LogP contribution in [-0.4, -0.2) is 29.9 Å². The summed E-state index contributed by atoms with van der Waals surface area (Å²) in [5.41, 5.74) is 5.16. The van der Waals surface area contributed by atoms with Gasteiger partial charge in [0.1, 0.15) is 6.04 Å². The van der Waals surface area contributed by atoms with Gasteiger partial charge in [-0.05, 0) is 26.2 Å². The van der Waals surface area contributed by atoms with Gasteiger partial charge in [-0.3, -0.25) is 9.59 Å². The van der Waals surface area contributed by atoms with Crippen molar-refractivity contribution in [3.05, 3.63) is 0 Å². The lowest BCUT2D eigenvalue weighted by Gasteiger charge is -2.19. The fraction of sp³-hybridized carbons (Fsp3) is 0.857. The zero-order valence-corrected chi connectivity index (χ0v) is 17.6. The fourth-order valence-electron chi connectivity index (χ4n) is 2.76. The summed E-state index contributed by atoms with van der Waals surface area (Å²) in [4.78, 5) is 35.3. The van der Waals surface area contributed by atoms with Crippen molar-refractivity contribution < 1.29 is 19.1 Å². The summed E-state index contributed by atoms with van der Waals surface area (Å²) < 4.78 is 5.29. The maximum absolute atomic E-state index is 12.2. The van der Waals surface area contributed by atoms with Crippen LogP contribution in [0.15, 0.2) is 0 Å². The smallest absolute Gasteiger partial charge is 0.328 e. The molecular weight excluding hydrogens is 344 g/mol. The molecule has 0 aliphatic rings. The van der Waals surface area contributed by atoms with E-state index in [1.165, 1.54) is 38.5 Å². The molecule has 158 valence electrons. The number of unbranched alkanes of at least 4 members (excludes halogenated alkanes) is 8. The van der Waals surface area contributed by atoms with Gasteiger partial charge >= 0.3 is 5.97 Å². The van der Waals surface area contributed by atoms with E-state index in [2.05, 4.69) is 12.2 Å². The first-order valence-corrected chi connectivity index (χ1v) is 10.7. The van der Waals surface area contributed by atoms with Gasteiger partial charge in [-0.15, -0.1) is 0 Å². The molecule has 0 saturated carbocycles. The molecule has 0 spiro atoms. The fourth-order valence-corrected chi connectivity index (χ4v) is 2.76. The predicted molar refractivity (Wildman–Crippen MR) is 108 cm³/mol. The lowest BCUT2D eigenvalue weighted by molar-refractivity contribution is -0.152. The summed E-state index contributed by atoms with van der Waals surface area (Å²) in [6, 6.07) is -0.808. The van der Waals surface area contributed by atoms with E-state index < -0.39 is 17.9 Å². The minimum Gasteiger partial charge on any atom is -0.461 e. The van der Waals surface area contributed by atoms with Gasteiger partial charge in [-0.2, -0.15) is 0 Å². The summed E-state index contributed by atoms with van der Waals surface area (Å²) in [5.74, 6) is -1.16. The molecule has 0 heterocycles. The molecule has 0 radical (unpaired) electrons. The van der Waals surface area contributed by atoms with Gasteiger partial charge in [0.2, 0.25) is 11.8 Å². The number of hydrogen-bond donors (Lipinski definition) is 2. The second kappa shape index (κ2) is 16.6. The minimum atomic E-state index is -0.808. The van der Waals surface area contributed by atoms with Crippen LogP contribution in [0, 0.1) is 0 Å². The Morgan fingerprint density at radius 2 is 1.44 bits per heavy atom. The Morgan fingerprint density at radius 1 is 0.889 bits per heavy atom. The SMILES string of the molecule is CCCCCCCCCCCC(=O)NC(CCC(N)=O)C(=O)OC(C)CC. The average Bonchev–Trinajstić information content (AvgIpc) is 2.63. The highest BCUT2D eigenvalue weighted by atomic mass is 16.5. The molecule has 0 aliphatic carbocycles. The Morgan fingerprint density at radius 3 is 1.96 bits per heavy atom. The number of nitrogens with one attached hydrogen (secondary N) is 1. The highest BCUT2D eigenvalue weighted by Gasteiger charge is 2.24. The van der Waals surface area contributed by atoms with Gasteiger partial charge in [-0.25, -0.2) is 4.79 Å². The maximum atomic E-state index is 12.2. The normalized spacial score (nSPS) is 13.0. The molecule has 27 heavy (non-hydrogen) atoms. The molecule has 6 heteroatoms. The molecule has 0 fully saturated rings. The van der Waals surface area contributed by atoms with Crippen molar-refractivity contribution in [3.63, 3.8) is 0 Å². The molecule has 0 aliphatic heterocycles.